The van der Waals surface area contributed by atoms with E-state index in [1.807, 2.05) is 24.3 Å². The number of benzene rings is 1. The standard InChI is InChI=1S/C18H24O4/c19-13(7-6-12-4-2-1-3-5-12)8-9-14-15-10-18(21)22-17(15)11-16(14)20/h1-5,8-9,13-21H,6-7,10-11H2/t13?,14-,15-,16-,17?,18?/m1/s1. The van der Waals surface area contributed by atoms with Crippen LogP contribution in [0.25, 0.3) is 0 Å². The highest BCUT2D eigenvalue weighted by atomic mass is 16.6. The minimum absolute atomic E-state index is 0.0338. The predicted molar refractivity (Wildman–Crippen MR) is 83.0 cm³/mol. The fraction of sp³-hybridized carbons (Fsp3) is 0.556. The Morgan fingerprint density at radius 1 is 1.18 bits per heavy atom. The molecule has 4 nitrogen and oxygen atoms in total. The summed E-state index contributed by atoms with van der Waals surface area (Å²) < 4.78 is 5.40. The molecule has 0 aromatic heterocycles. The van der Waals surface area contributed by atoms with E-state index < -0.39 is 18.5 Å². The van der Waals surface area contributed by atoms with E-state index in [9.17, 15) is 15.3 Å². The number of rotatable bonds is 5. The minimum Gasteiger partial charge on any atom is -0.392 e. The van der Waals surface area contributed by atoms with E-state index in [1.54, 1.807) is 6.08 Å². The van der Waals surface area contributed by atoms with Crippen molar-refractivity contribution < 1.29 is 20.1 Å². The number of aliphatic hydroxyl groups excluding tert-OH is 3. The van der Waals surface area contributed by atoms with Crippen LogP contribution >= 0.6 is 0 Å². The Bertz CT molecular complexity index is 501. The monoisotopic (exact) mass is 304 g/mol. The highest BCUT2D eigenvalue weighted by Gasteiger charge is 2.47. The summed E-state index contributed by atoms with van der Waals surface area (Å²) in [5.41, 5.74) is 1.21. The first-order valence-electron chi connectivity index (χ1n) is 8.05. The van der Waals surface area contributed by atoms with Gasteiger partial charge in [-0.3, -0.25) is 0 Å². The molecule has 0 bridgehead atoms. The Morgan fingerprint density at radius 2 is 1.95 bits per heavy atom. The zero-order chi connectivity index (χ0) is 15.5. The summed E-state index contributed by atoms with van der Waals surface area (Å²) in [5.74, 6) is 0.121. The van der Waals surface area contributed by atoms with Crippen molar-refractivity contribution in [1.29, 1.82) is 0 Å². The SMILES string of the molecule is OC(C=C[C@H]1[C@H](O)CC2OC(O)C[C@@H]21)CCc1ccccc1. The van der Waals surface area contributed by atoms with Crippen LogP contribution in [-0.2, 0) is 11.2 Å². The number of hydrogen-bond donors (Lipinski definition) is 3. The van der Waals surface area contributed by atoms with Crippen molar-refractivity contribution in [3.8, 4) is 0 Å². The summed E-state index contributed by atoms with van der Waals surface area (Å²) >= 11 is 0. The van der Waals surface area contributed by atoms with E-state index >= 15 is 0 Å². The lowest BCUT2D eigenvalue weighted by Gasteiger charge is -2.16. The van der Waals surface area contributed by atoms with Gasteiger partial charge in [-0.25, -0.2) is 0 Å². The summed E-state index contributed by atoms with van der Waals surface area (Å²) in [7, 11) is 0. The van der Waals surface area contributed by atoms with Crippen LogP contribution in [-0.4, -0.2) is 39.9 Å². The second-order valence-electron chi connectivity index (χ2n) is 6.39. The van der Waals surface area contributed by atoms with Gasteiger partial charge in [-0.1, -0.05) is 42.5 Å². The van der Waals surface area contributed by atoms with Crippen LogP contribution in [0, 0.1) is 11.8 Å². The molecule has 3 N–H and O–H groups in total. The maximum atomic E-state index is 10.1. The molecule has 1 heterocycles. The van der Waals surface area contributed by atoms with E-state index in [2.05, 4.69) is 12.1 Å². The lowest BCUT2D eigenvalue weighted by molar-refractivity contribution is -0.0949. The molecule has 120 valence electrons. The van der Waals surface area contributed by atoms with Crippen LogP contribution < -0.4 is 0 Å². The topological polar surface area (TPSA) is 69.9 Å². The van der Waals surface area contributed by atoms with Crippen LogP contribution in [0.3, 0.4) is 0 Å². The van der Waals surface area contributed by atoms with E-state index in [4.69, 9.17) is 4.74 Å². The zero-order valence-corrected chi connectivity index (χ0v) is 12.6. The second kappa shape index (κ2) is 6.92. The molecule has 0 radical (unpaired) electrons. The van der Waals surface area contributed by atoms with Gasteiger partial charge in [-0.2, -0.15) is 0 Å². The third kappa shape index (κ3) is 3.58. The summed E-state index contributed by atoms with van der Waals surface area (Å²) in [6.45, 7) is 0. The average molecular weight is 304 g/mol. The molecule has 3 rings (SSSR count). The Morgan fingerprint density at radius 3 is 2.73 bits per heavy atom. The van der Waals surface area contributed by atoms with Crippen LogP contribution in [0.4, 0.5) is 0 Å². The molecule has 1 saturated carbocycles. The summed E-state index contributed by atoms with van der Waals surface area (Å²) in [6.07, 6.45) is 4.59. The van der Waals surface area contributed by atoms with Crippen molar-refractivity contribution in [1.82, 2.24) is 0 Å². The fourth-order valence-electron chi connectivity index (χ4n) is 3.64. The zero-order valence-electron chi connectivity index (χ0n) is 12.6. The maximum Gasteiger partial charge on any atom is 0.155 e. The van der Waals surface area contributed by atoms with Gasteiger partial charge in [-0.15, -0.1) is 0 Å². The van der Waals surface area contributed by atoms with Gasteiger partial charge >= 0.3 is 0 Å². The molecular formula is C18H24O4. The molecular weight excluding hydrogens is 280 g/mol. The largest absolute Gasteiger partial charge is 0.392 e. The molecule has 1 aromatic carbocycles. The van der Waals surface area contributed by atoms with Gasteiger partial charge in [0, 0.05) is 18.8 Å². The van der Waals surface area contributed by atoms with Crippen LogP contribution in [0.15, 0.2) is 42.5 Å². The van der Waals surface area contributed by atoms with Gasteiger partial charge in [-0.05, 0) is 24.3 Å². The summed E-state index contributed by atoms with van der Waals surface area (Å²) in [6, 6.07) is 10.1. The molecule has 2 fully saturated rings. The van der Waals surface area contributed by atoms with Gasteiger partial charge in [0.1, 0.15) is 0 Å². The number of ether oxygens (including phenoxy) is 1. The maximum absolute atomic E-state index is 10.1. The first-order chi connectivity index (χ1) is 10.6. The predicted octanol–water partition coefficient (Wildman–Crippen LogP) is 1.64. The number of aliphatic hydroxyl groups is 3. The lowest BCUT2D eigenvalue weighted by Crippen LogP contribution is -2.19. The van der Waals surface area contributed by atoms with E-state index in [0.29, 0.717) is 19.3 Å². The average Bonchev–Trinajstić information content (AvgIpc) is 2.99. The number of aryl methyl sites for hydroxylation is 1. The van der Waals surface area contributed by atoms with Gasteiger partial charge in [0.2, 0.25) is 0 Å². The Balaban J connectivity index is 1.52. The first kappa shape index (κ1) is 15.7. The Labute approximate surface area is 131 Å². The van der Waals surface area contributed by atoms with Crippen molar-refractivity contribution in [3.63, 3.8) is 0 Å². The molecule has 1 aliphatic carbocycles. The lowest BCUT2D eigenvalue weighted by atomic mass is 9.91. The summed E-state index contributed by atoms with van der Waals surface area (Å²) in [4.78, 5) is 0. The molecule has 1 aliphatic heterocycles. The highest BCUT2D eigenvalue weighted by molar-refractivity contribution is 5.15. The molecule has 2 aliphatic rings. The molecule has 3 unspecified atom stereocenters. The molecule has 22 heavy (non-hydrogen) atoms. The number of fused-ring (bicyclic) bond motifs is 1. The fourth-order valence-corrected chi connectivity index (χ4v) is 3.64. The summed E-state index contributed by atoms with van der Waals surface area (Å²) in [5, 5.41) is 29.8. The van der Waals surface area contributed by atoms with Crippen molar-refractivity contribution in [2.75, 3.05) is 0 Å². The Hall–Kier alpha value is -1.20. The highest BCUT2D eigenvalue weighted by Crippen LogP contribution is 2.43. The van der Waals surface area contributed by atoms with Gasteiger partial charge in [0.25, 0.3) is 0 Å². The van der Waals surface area contributed by atoms with Crippen molar-refractivity contribution >= 4 is 0 Å². The van der Waals surface area contributed by atoms with Crippen molar-refractivity contribution in [2.24, 2.45) is 11.8 Å². The molecule has 4 heteroatoms. The third-order valence-corrected chi connectivity index (χ3v) is 4.82. The molecule has 0 spiro atoms. The quantitative estimate of drug-likeness (QED) is 0.723. The van der Waals surface area contributed by atoms with E-state index in [1.165, 1.54) is 5.56 Å². The van der Waals surface area contributed by atoms with E-state index in [0.717, 1.165) is 6.42 Å². The number of hydrogen-bond acceptors (Lipinski definition) is 4. The van der Waals surface area contributed by atoms with Gasteiger partial charge < -0.3 is 20.1 Å². The van der Waals surface area contributed by atoms with Crippen LogP contribution in [0.2, 0.25) is 0 Å². The van der Waals surface area contributed by atoms with Crippen LogP contribution in [0.1, 0.15) is 24.8 Å². The minimum atomic E-state index is -0.707. The molecule has 0 amide bonds. The molecule has 1 aromatic rings. The molecule has 6 atom stereocenters. The second-order valence-corrected chi connectivity index (χ2v) is 6.39. The Kier molecular flexibility index (Phi) is 4.93. The van der Waals surface area contributed by atoms with Crippen molar-refractivity contribution in [3.05, 3.63) is 48.0 Å². The first-order valence-corrected chi connectivity index (χ1v) is 8.05. The molecule has 1 saturated heterocycles. The van der Waals surface area contributed by atoms with Crippen molar-refractivity contribution in [2.45, 2.75) is 50.3 Å². The van der Waals surface area contributed by atoms with E-state index in [-0.39, 0.29) is 17.9 Å². The van der Waals surface area contributed by atoms with Gasteiger partial charge in [0.15, 0.2) is 6.29 Å². The smallest absolute Gasteiger partial charge is 0.155 e. The normalized spacial score (nSPS) is 35.9. The van der Waals surface area contributed by atoms with Crippen LogP contribution in [0.5, 0.6) is 0 Å². The van der Waals surface area contributed by atoms with Gasteiger partial charge in [0.05, 0.1) is 18.3 Å². The third-order valence-electron chi connectivity index (χ3n) is 4.82.